The summed E-state index contributed by atoms with van der Waals surface area (Å²) in [6.07, 6.45) is 0.0296. The molecule has 2 atom stereocenters. The lowest BCUT2D eigenvalue weighted by molar-refractivity contribution is -0.172. The largest absolute Gasteiger partial charge is 0.395 e. The van der Waals surface area contributed by atoms with Crippen LogP contribution in [0.3, 0.4) is 0 Å². The maximum absolute atomic E-state index is 13.1. The highest BCUT2D eigenvalue weighted by Gasteiger charge is 2.44. The molecule has 1 saturated heterocycles. The summed E-state index contributed by atoms with van der Waals surface area (Å²) in [6, 6.07) is 9.01. The molecule has 25 heavy (non-hydrogen) atoms. The van der Waals surface area contributed by atoms with Crippen molar-refractivity contribution in [3.63, 3.8) is 0 Å². The lowest BCUT2D eigenvalue weighted by Crippen LogP contribution is -2.57. The van der Waals surface area contributed by atoms with Gasteiger partial charge in [0.15, 0.2) is 6.10 Å². The second-order valence-electron chi connectivity index (χ2n) is 6.53. The maximum atomic E-state index is 13.1. The third-order valence-corrected chi connectivity index (χ3v) is 4.38. The summed E-state index contributed by atoms with van der Waals surface area (Å²) in [5, 5.41) is 9.28. The van der Waals surface area contributed by atoms with E-state index in [1.165, 1.54) is 0 Å². The molecule has 0 spiro atoms. The van der Waals surface area contributed by atoms with Crippen molar-refractivity contribution in [2.24, 2.45) is 0 Å². The van der Waals surface area contributed by atoms with E-state index in [1.807, 2.05) is 51.1 Å². The summed E-state index contributed by atoms with van der Waals surface area (Å²) in [5.41, 5.74) is 0.878. The summed E-state index contributed by atoms with van der Waals surface area (Å²) in [7, 11) is 0. The zero-order valence-electron chi connectivity index (χ0n) is 15.2. The van der Waals surface area contributed by atoms with E-state index >= 15 is 0 Å². The third kappa shape index (κ3) is 4.38. The van der Waals surface area contributed by atoms with Crippen LogP contribution in [0.15, 0.2) is 30.3 Å². The Bertz CT molecular complexity index is 570. The predicted molar refractivity (Wildman–Crippen MR) is 94.9 cm³/mol. The monoisotopic (exact) mass is 348 g/mol. The number of aliphatic hydroxyl groups is 1. The Morgan fingerprint density at radius 3 is 2.56 bits per heavy atom. The molecule has 6 heteroatoms. The molecule has 0 radical (unpaired) electrons. The van der Waals surface area contributed by atoms with Crippen LogP contribution in [0.4, 0.5) is 0 Å². The van der Waals surface area contributed by atoms with Crippen molar-refractivity contribution in [2.45, 2.75) is 45.4 Å². The zero-order chi connectivity index (χ0) is 18.4. The lowest BCUT2D eigenvalue weighted by Gasteiger charge is -2.44. The second kappa shape index (κ2) is 8.97. The number of morpholine rings is 1. The van der Waals surface area contributed by atoms with Gasteiger partial charge in [0, 0.05) is 19.1 Å². The number of benzene rings is 1. The number of ether oxygens (including phenoxy) is 1. The summed E-state index contributed by atoms with van der Waals surface area (Å²) in [5.74, 6) is -0.292. The van der Waals surface area contributed by atoms with E-state index in [0.29, 0.717) is 6.54 Å². The topological polar surface area (TPSA) is 70.1 Å². The number of carbonyl (C=O) groups excluding carboxylic acids is 2. The van der Waals surface area contributed by atoms with Crippen LogP contribution < -0.4 is 0 Å². The molecule has 2 rings (SSSR count). The summed E-state index contributed by atoms with van der Waals surface area (Å²) in [6.45, 7) is 6.49. The number of nitrogens with zero attached hydrogens (tertiary/aromatic N) is 2. The van der Waals surface area contributed by atoms with E-state index in [4.69, 9.17) is 4.74 Å². The molecule has 1 N–H and O–H groups in total. The normalized spacial score (nSPS) is 20.8. The molecule has 1 heterocycles. The Hall–Kier alpha value is -1.92. The summed E-state index contributed by atoms with van der Waals surface area (Å²) >= 11 is 0. The number of hydrogen-bond donors (Lipinski definition) is 1. The molecular formula is C19H28N2O4. The molecule has 0 aliphatic carbocycles. The van der Waals surface area contributed by atoms with Gasteiger partial charge >= 0.3 is 0 Å². The first-order valence-electron chi connectivity index (χ1n) is 8.88. The van der Waals surface area contributed by atoms with Gasteiger partial charge < -0.3 is 19.6 Å². The first kappa shape index (κ1) is 19.4. The van der Waals surface area contributed by atoms with Crippen LogP contribution in [0.25, 0.3) is 0 Å². The molecule has 0 unspecified atom stereocenters. The van der Waals surface area contributed by atoms with E-state index < -0.39 is 12.1 Å². The van der Waals surface area contributed by atoms with Gasteiger partial charge in [-0.05, 0) is 25.8 Å². The zero-order valence-corrected chi connectivity index (χ0v) is 15.2. The van der Waals surface area contributed by atoms with Crippen molar-refractivity contribution in [3.8, 4) is 0 Å². The average molecular weight is 348 g/mol. The van der Waals surface area contributed by atoms with E-state index in [2.05, 4.69) is 0 Å². The van der Waals surface area contributed by atoms with Crippen molar-refractivity contribution < 1.29 is 19.4 Å². The predicted octanol–water partition coefficient (Wildman–Crippen LogP) is 1.59. The third-order valence-electron chi connectivity index (χ3n) is 4.38. The standard InChI is InChI=1S/C19H28N2O4/c1-4-10-20(11-12-22)19(24)18-17(15-8-6-5-7-9-15)21(14(2)3)16(23)13-25-18/h5-9,14,17-18,22H,4,10-13H2,1-3H3/t17-,18+/m1/s1. The van der Waals surface area contributed by atoms with E-state index in [0.717, 1.165) is 12.0 Å². The molecule has 2 amide bonds. The highest BCUT2D eigenvalue weighted by Crippen LogP contribution is 2.33. The summed E-state index contributed by atoms with van der Waals surface area (Å²) in [4.78, 5) is 28.9. The van der Waals surface area contributed by atoms with Gasteiger partial charge in [0.2, 0.25) is 5.91 Å². The fraction of sp³-hybridized carbons (Fsp3) is 0.579. The number of hydrogen-bond acceptors (Lipinski definition) is 4. The number of aliphatic hydroxyl groups excluding tert-OH is 1. The van der Waals surface area contributed by atoms with Gasteiger partial charge in [0.25, 0.3) is 5.91 Å². The minimum atomic E-state index is -0.763. The van der Waals surface area contributed by atoms with E-state index in [1.54, 1.807) is 9.80 Å². The molecule has 1 aliphatic rings. The molecule has 1 aromatic carbocycles. The minimum absolute atomic E-state index is 0.0469. The van der Waals surface area contributed by atoms with Crippen molar-refractivity contribution in [2.75, 3.05) is 26.3 Å². The Kier molecular flexibility index (Phi) is 6.96. The molecule has 0 saturated carbocycles. The van der Waals surface area contributed by atoms with Gasteiger partial charge in [-0.15, -0.1) is 0 Å². The van der Waals surface area contributed by atoms with Crippen molar-refractivity contribution in [1.29, 1.82) is 0 Å². The maximum Gasteiger partial charge on any atom is 0.254 e. The van der Waals surface area contributed by atoms with E-state index in [9.17, 15) is 14.7 Å². The number of rotatable bonds is 7. The Morgan fingerprint density at radius 2 is 2.00 bits per heavy atom. The quantitative estimate of drug-likeness (QED) is 0.812. The SMILES string of the molecule is CCCN(CCO)C(=O)[C@H]1OCC(=O)N(C(C)C)[C@@H]1c1ccccc1. The summed E-state index contributed by atoms with van der Waals surface area (Å²) < 4.78 is 5.71. The Morgan fingerprint density at radius 1 is 1.32 bits per heavy atom. The lowest BCUT2D eigenvalue weighted by atomic mass is 9.95. The van der Waals surface area contributed by atoms with Gasteiger partial charge in [-0.25, -0.2) is 0 Å². The average Bonchev–Trinajstić information content (AvgIpc) is 2.61. The molecule has 1 aliphatic heterocycles. The molecule has 6 nitrogen and oxygen atoms in total. The van der Waals surface area contributed by atoms with Crippen LogP contribution in [-0.2, 0) is 14.3 Å². The first-order valence-corrected chi connectivity index (χ1v) is 8.88. The van der Waals surface area contributed by atoms with Crippen LogP contribution >= 0.6 is 0 Å². The van der Waals surface area contributed by atoms with Crippen molar-refractivity contribution in [3.05, 3.63) is 35.9 Å². The number of carbonyl (C=O) groups is 2. The van der Waals surface area contributed by atoms with Gasteiger partial charge in [0.05, 0.1) is 12.6 Å². The molecule has 0 bridgehead atoms. The van der Waals surface area contributed by atoms with Crippen LogP contribution in [0, 0.1) is 0 Å². The van der Waals surface area contributed by atoms with Gasteiger partial charge in [-0.2, -0.15) is 0 Å². The van der Waals surface area contributed by atoms with Crippen molar-refractivity contribution >= 4 is 11.8 Å². The van der Waals surface area contributed by atoms with Crippen LogP contribution in [0.5, 0.6) is 0 Å². The van der Waals surface area contributed by atoms with Crippen LogP contribution in [0.1, 0.15) is 38.8 Å². The Balaban J connectivity index is 2.39. The van der Waals surface area contributed by atoms with Gasteiger partial charge in [0.1, 0.15) is 6.61 Å². The molecule has 1 aromatic rings. The van der Waals surface area contributed by atoms with Gasteiger partial charge in [-0.3, -0.25) is 9.59 Å². The second-order valence-corrected chi connectivity index (χ2v) is 6.53. The van der Waals surface area contributed by atoms with E-state index in [-0.39, 0.29) is 37.6 Å². The minimum Gasteiger partial charge on any atom is -0.395 e. The first-order chi connectivity index (χ1) is 12.0. The van der Waals surface area contributed by atoms with Crippen molar-refractivity contribution in [1.82, 2.24) is 9.80 Å². The highest BCUT2D eigenvalue weighted by atomic mass is 16.5. The van der Waals surface area contributed by atoms with Crippen LogP contribution in [-0.4, -0.2) is 65.2 Å². The number of amides is 2. The fourth-order valence-electron chi connectivity index (χ4n) is 3.33. The molecular weight excluding hydrogens is 320 g/mol. The molecule has 1 fully saturated rings. The molecule has 0 aromatic heterocycles. The van der Waals surface area contributed by atoms with Gasteiger partial charge in [-0.1, -0.05) is 37.3 Å². The van der Waals surface area contributed by atoms with Crippen LogP contribution in [0.2, 0.25) is 0 Å². The molecule has 138 valence electrons. The highest BCUT2D eigenvalue weighted by molar-refractivity contribution is 5.86. The fourth-order valence-corrected chi connectivity index (χ4v) is 3.33. The Labute approximate surface area is 149 Å². The smallest absolute Gasteiger partial charge is 0.254 e.